The number of methoxy groups -OCH3 is 5. The molecule has 29 atom stereocenters. The van der Waals surface area contributed by atoms with Crippen molar-refractivity contribution in [2.24, 2.45) is 0 Å². The van der Waals surface area contributed by atoms with Crippen molar-refractivity contribution in [3.8, 4) is 5.95 Å². The lowest BCUT2D eigenvalue weighted by Gasteiger charge is -2.28. The van der Waals surface area contributed by atoms with E-state index in [9.17, 15) is 86.6 Å². The molecule has 16 rings (SSSR count). The molecule has 0 aliphatic carbocycles. The summed E-state index contributed by atoms with van der Waals surface area (Å²) in [5.74, 6) is -1.78. The zero-order chi connectivity index (χ0) is 98.3. The maximum absolute atomic E-state index is 14.9. The highest BCUT2D eigenvalue weighted by molar-refractivity contribution is 7.48. The summed E-state index contributed by atoms with van der Waals surface area (Å²) in [4.78, 5) is 170. The largest absolute Gasteiger partial charge is 0.472 e. The predicted octanol–water partition coefficient (Wildman–Crippen LogP) is -5.16. The smallest absolute Gasteiger partial charge is 0.394 e. The summed E-state index contributed by atoms with van der Waals surface area (Å²) in [7, 11) is -23.6. The quantitative estimate of drug-likeness (QED) is 0.0161. The van der Waals surface area contributed by atoms with Gasteiger partial charge in [-0.3, -0.25) is 92.2 Å². The number of fused-ring (bicyclic) bond motifs is 3. The van der Waals surface area contributed by atoms with E-state index in [1.807, 2.05) is 0 Å². The number of nitrogens with two attached hydrogens (primary N) is 6. The number of aromatic amines is 2. The maximum Gasteiger partial charge on any atom is 0.472 e. The number of H-pyrrole nitrogens is 2. The molecule has 137 heavy (non-hydrogen) atoms. The SMILES string of the molecule is CO[C@@H]1[C@H](OP(=O)(O)OC[C@H]2O[C@@H](n3cnc4c(=O)[nH]c(N)nc43)[C@H](OC)[C@@H]2OP(=O)(O)OC[C@H]2O[C@@H](n3ccc(N)nc3=O)[C@H](OC)[C@@H]2OP(=O)(O)OC[C@H]2O[C@@H](n3cnc4c(=O)[nH]c(N)nc43)[C@H](OC)[C@@H]2OP(=O)(O)OC[C@H]2O[C@@H](n3ccc(N)nc3=O)[C@H](OC)[C@@H]2OP(=O)(O)OC[C@H]2O[C@@H](n3cnc4c(N)nc(-n5nc(C)cc5C)nc43)[C@H](O)[C@@H]2O)[C@@H](CO)O[C@H]1n1ccc(N)nc1=O. The molecule has 0 bridgehead atoms. The van der Waals surface area contributed by atoms with Crippen LogP contribution in [0.3, 0.4) is 0 Å². The molecule has 70 heteroatoms. The van der Waals surface area contributed by atoms with Gasteiger partial charge in [-0.2, -0.15) is 40.0 Å². The summed E-state index contributed by atoms with van der Waals surface area (Å²) in [6.07, 6.45) is -36.8. The Morgan fingerprint density at radius 3 is 1.01 bits per heavy atom. The van der Waals surface area contributed by atoms with Gasteiger partial charge < -0.3 is 126 Å². The fraction of sp³-hybridized carbons (Fsp3) is 0.552. The van der Waals surface area contributed by atoms with Crippen molar-refractivity contribution >= 4 is 108 Å². The van der Waals surface area contributed by atoms with Gasteiger partial charge >= 0.3 is 56.2 Å². The second-order valence-corrected chi connectivity index (χ2v) is 38.0. The number of aromatic nitrogens is 20. The number of nitrogens with one attached hydrogen (secondary N) is 2. The van der Waals surface area contributed by atoms with E-state index in [-0.39, 0.29) is 62.7 Å². The van der Waals surface area contributed by atoms with Gasteiger partial charge in [-0.05, 0) is 38.1 Å². The van der Waals surface area contributed by atoms with Gasteiger partial charge in [-0.1, -0.05) is 0 Å². The molecule has 10 aromatic rings. The minimum Gasteiger partial charge on any atom is -0.394 e. The molecular formula is C67H89N26O39P5. The van der Waals surface area contributed by atoms with Crippen LogP contribution in [0.2, 0.25) is 0 Å². The van der Waals surface area contributed by atoms with E-state index in [1.165, 1.54) is 27.8 Å². The number of phosphoric ester groups is 5. The lowest BCUT2D eigenvalue weighted by atomic mass is 10.1. The first-order valence-electron chi connectivity index (χ1n) is 40.3. The fourth-order valence-corrected chi connectivity index (χ4v) is 21.0. The van der Waals surface area contributed by atoms with E-state index in [4.69, 9.17) is 132 Å². The first-order chi connectivity index (χ1) is 64.9. The monoisotopic (exact) mass is 2040 g/mol. The van der Waals surface area contributed by atoms with E-state index in [2.05, 4.69) is 64.9 Å². The molecule has 22 N–H and O–H groups in total. The molecule has 0 aromatic carbocycles. The van der Waals surface area contributed by atoms with Crippen LogP contribution in [-0.2, 0) is 120 Å². The zero-order valence-electron chi connectivity index (χ0n) is 71.9. The fourth-order valence-electron chi connectivity index (χ4n) is 16.2. The molecule has 0 saturated carbocycles. The van der Waals surface area contributed by atoms with Crippen LogP contribution >= 0.6 is 39.1 Å². The lowest BCUT2D eigenvalue weighted by molar-refractivity contribution is -0.0675. The van der Waals surface area contributed by atoms with Gasteiger partial charge in [0.1, 0.15) is 133 Å². The van der Waals surface area contributed by atoms with Crippen LogP contribution in [-0.4, -0.2) is 322 Å². The van der Waals surface area contributed by atoms with Gasteiger partial charge in [0.15, 0.2) is 71.2 Å². The maximum atomic E-state index is 14.9. The van der Waals surface area contributed by atoms with E-state index in [1.54, 1.807) is 19.9 Å². The number of aliphatic hydroxyl groups is 3. The van der Waals surface area contributed by atoms with Crippen LogP contribution in [0.5, 0.6) is 0 Å². The molecule has 6 aliphatic heterocycles. The summed E-state index contributed by atoms with van der Waals surface area (Å²) in [6, 6.07) is 5.25. The van der Waals surface area contributed by atoms with Crippen molar-refractivity contribution in [1.29, 1.82) is 0 Å². The number of aliphatic hydroxyl groups excluding tert-OH is 3. The van der Waals surface area contributed by atoms with Crippen LogP contribution in [0.15, 0.2) is 85.8 Å². The minimum atomic E-state index is -5.93. The third-order valence-electron chi connectivity index (χ3n) is 22.3. The summed E-state index contributed by atoms with van der Waals surface area (Å²) >= 11 is 0. The van der Waals surface area contributed by atoms with E-state index >= 15 is 0 Å². The Morgan fingerprint density at radius 1 is 0.387 bits per heavy atom. The number of ether oxygens (including phenoxy) is 11. The molecule has 6 aliphatic rings. The van der Waals surface area contributed by atoms with Crippen LogP contribution in [0.25, 0.3) is 39.4 Å². The van der Waals surface area contributed by atoms with Crippen LogP contribution in [0.4, 0.5) is 35.2 Å². The van der Waals surface area contributed by atoms with Crippen LogP contribution in [0, 0.1) is 13.8 Å². The highest BCUT2D eigenvalue weighted by Gasteiger charge is 2.59. The minimum absolute atomic E-state index is 0.00120. The molecule has 0 radical (unpaired) electrons. The zero-order valence-corrected chi connectivity index (χ0v) is 76.3. The number of rotatable bonds is 38. The average Bonchev–Trinajstić information content (AvgIpc) is 1.59. The van der Waals surface area contributed by atoms with Crippen molar-refractivity contribution in [1.82, 2.24) is 97.0 Å². The number of imidazole rings is 3. The normalized spacial score (nSPS) is 30.8. The number of hydrogen-bond donors (Lipinski definition) is 16. The highest BCUT2D eigenvalue weighted by atomic mass is 31.2. The molecular weight excluding hydrogens is 1950 g/mol. The summed E-state index contributed by atoms with van der Waals surface area (Å²) in [5.41, 5.74) is 30.5. The Balaban J connectivity index is 0.643. The molecule has 0 spiro atoms. The Labute approximate surface area is 763 Å². The molecule has 6 saturated heterocycles. The molecule has 746 valence electrons. The molecule has 16 heterocycles. The van der Waals surface area contributed by atoms with Crippen molar-refractivity contribution in [2.75, 3.05) is 110 Å². The molecule has 65 nitrogen and oxygen atoms in total. The third kappa shape index (κ3) is 20.5. The van der Waals surface area contributed by atoms with Gasteiger partial charge in [-0.25, -0.2) is 56.8 Å². The van der Waals surface area contributed by atoms with Gasteiger partial charge in [0.2, 0.25) is 11.9 Å². The van der Waals surface area contributed by atoms with Gasteiger partial charge in [0, 0.05) is 59.8 Å². The van der Waals surface area contributed by atoms with Crippen molar-refractivity contribution in [3.63, 3.8) is 0 Å². The Hall–Kier alpha value is -10.1. The summed E-state index contributed by atoms with van der Waals surface area (Å²) in [5, 5.41) is 37.6. The second kappa shape index (κ2) is 39.5. The van der Waals surface area contributed by atoms with E-state index < -0.39 is 266 Å². The molecule has 0 amide bonds. The Morgan fingerprint density at radius 2 is 0.686 bits per heavy atom. The third-order valence-corrected chi connectivity index (χ3v) is 27.3. The number of anilines is 6. The molecule has 10 aromatic heterocycles. The average molecular weight is 2040 g/mol. The summed E-state index contributed by atoms with van der Waals surface area (Å²) in [6.45, 7) is -3.53. The number of hydrogen-bond acceptors (Lipinski definition) is 51. The topological polar surface area (TPSA) is 890 Å². The first kappa shape index (κ1) is 99.9. The van der Waals surface area contributed by atoms with E-state index in [0.29, 0.717) is 11.4 Å². The standard InChI is InChI=1S/C67H89N26O39P5/c1-24-14-25(2)93(86-24)64-80-50(71)35-51(83-64)90(21-74-35)56-39(96)38(95)27(123-56)16-117-133(102,103)129-41-28(124-58(46(41)113-4)88-12-9-33(69)78-66(88)100)17-119-136(108,109)132-44-31(127-61(49(44)116-7)92-23-76-37-53(92)82-63(73)85-55(37)98)20-121-135(106,107)130-42-29(125-59(47(42)114-5)89-13-10-34(70)79-67(89)101)18-120-137(110,111)131-43-30(126-60(48(43)115-6)91-22-75-36-52(91)81-62(72)84-54(36)97)19-118-134(104,105)128-40-26(15-94)122-57(45(40)112-3)87-11-8-32(68)77-65(87)99/h8-14,21-23,26-31,38-49,56-61,94-96H,15-20H2,1-7H3,(H,102,103)(H,104,105)(H,106,107)(H,108,109)(H,110,111)(H2,68,77,99)(H2,69,78,100)(H2,70,79,101)(H2,71,80,83)(H3,72,81,84,97)(H3,73,82,85,98)/t26-,27-,28-,29-,30-,31-,38-,39-,40-,41-,42-,43-,44-,45-,46-,47-,48-,49-,56-,57-,58-,59-,60-,61-/m1/s1. The van der Waals surface area contributed by atoms with Crippen molar-refractivity contribution in [3.05, 3.63) is 125 Å². The summed E-state index contributed by atoms with van der Waals surface area (Å²) < 4.78 is 202. The second-order valence-electron chi connectivity index (χ2n) is 31.0. The van der Waals surface area contributed by atoms with Crippen molar-refractivity contribution < 1.29 is 160 Å². The van der Waals surface area contributed by atoms with Crippen LogP contribution < -0.4 is 62.6 Å². The number of aryl methyl sites for hydroxylation is 2. The molecule has 6 fully saturated rings. The number of nitrogen functional groups attached to an aromatic ring is 6. The first-order valence-corrected chi connectivity index (χ1v) is 47.8. The van der Waals surface area contributed by atoms with Crippen molar-refractivity contribution in [2.45, 2.75) is 161 Å². The highest BCUT2D eigenvalue weighted by Crippen LogP contribution is 2.58. The van der Waals surface area contributed by atoms with Gasteiger partial charge in [0.05, 0.1) is 64.3 Å². The van der Waals surface area contributed by atoms with E-state index in [0.717, 1.165) is 95.6 Å². The Kier molecular flexibility index (Phi) is 28.8. The van der Waals surface area contributed by atoms with Crippen LogP contribution in [0.1, 0.15) is 48.8 Å². The predicted molar refractivity (Wildman–Crippen MR) is 450 cm³/mol. The van der Waals surface area contributed by atoms with Gasteiger partial charge in [0.25, 0.3) is 17.1 Å². The number of nitrogens with zero attached hydrogens (tertiary/aromatic N) is 18. The van der Waals surface area contributed by atoms with Gasteiger partial charge in [-0.15, -0.1) is 0 Å². The number of phosphoric acid groups is 5. The molecule has 5 unspecified atom stereocenters. The Bertz CT molecular complexity index is 6730. The lowest BCUT2D eigenvalue weighted by Crippen LogP contribution is -2.40.